The first-order chi connectivity index (χ1) is 8.29. The van der Waals surface area contributed by atoms with Gasteiger partial charge in [0.1, 0.15) is 11.4 Å². The van der Waals surface area contributed by atoms with Crippen molar-refractivity contribution in [2.75, 3.05) is 7.11 Å². The highest BCUT2D eigenvalue weighted by atomic mass is 32.1. The number of rotatable bonds is 2. The molecule has 0 saturated carbocycles. The Morgan fingerprint density at radius 3 is 3.06 bits per heavy atom. The van der Waals surface area contributed by atoms with E-state index in [2.05, 4.69) is 4.37 Å². The van der Waals surface area contributed by atoms with Crippen molar-refractivity contribution >= 4 is 22.5 Å². The number of fused-ring (bicyclic) bond motifs is 1. The van der Waals surface area contributed by atoms with Gasteiger partial charge in [-0.15, -0.1) is 0 Å². The van der Waals surface area contributed by atoms with Crippen molar-refractivity contribution in [3.8, 4) is 17.0 Å². The molecule has 0 bridgehead atoms. The van der Waals surface area contributed by atoms with E-state index in [0.717, 1.165) is 10.9 Å². The zero-order valence-corrected chi connectivity index (χ0v) is 9.75. The molecule has 3 aromatic rings. The lowest BCUT2D eigenvalue weighted by Crippen LogP contribution is -1.86. The predicted molar refractivity (Wildman–Crippen MR) is 63.8 cm³/mol. The number of hydrogen-bond acceptors (Lipinski definition) is 4. The Bertz CT molecular complexity index is 674. The molecule has 0 saturated heterocycles. The van der Waals surface area contributed by atoms with E-state index < -0.39 is 0 Å². The van der Waals surface area contributed by atoms with E-state index in [9.17, 15) is 4.39 Å². The lowest BCUT2D eigenvalue weighted by Gasteiger charge is -2.02. The molecule has 0 spiro atoms. The highest BCUT2D eigenvalue weighted by Crippen LogP contribution is 2.36. The second kappa shape index (κ2) is 3.85. The molecule has 0 atom stereocenters. The molecule has 3 nitrogen and oxygen atoms in total. The maximum Gasteiger partial charge on any atom is 0.233 e. The van der Waals surface area contributed by atoms with Crippen LogP contribution in [-0.2, 0) is 0 Å². The molecule has 3 rings (SSSR count). The van der Waals surface area contributed by atoms with Gasteiger partial charge in [0.2, 0.25) is 5.88 Å². The Labute approximate surface area is 101 Å². The molecule has 0 amide bonds. The van der Waals surface area contributed by atoms with Crippen LogP contribution in [0, 0.1) is 5.82 Å². The molecule has 2 heterocycles. The quantitative estimate of drug-likeness (QED) is 0.694. The number of hydrogen-bond donors (Lipinski definition) is 0. The summed E-state index contributed by atoms with van der Waals surface area (Å²) in [4.78, 5) is 0. The summed E-state index contributed by atoms with van der Waals surface area (Å²) in [5.74, 6) is 0.181. The van der Waals surface area contributed by atoms with Crippen LogP contribution in [0.25, 0.3) is 22.1 Å². The zero-order valence-electron chi connectivity index (χ0n) is 8.94. The van der Waals surface area contributed by atoms with Crippen molar-refractivity contribution in [3.63, 3.8) is 0 Å². The minimum Gasteiger partial charge on any atom is -0.480 e. The van der Waals surface area contributed by atoms with Crippen LogP contribution in [0.15, 0.2) is 34.3 Å². The fourth-order valence-electron chi connectivity index (χ4n) is 1.80. The second-order valence-corrected chi connectivity index (χ2v) is 4.16. The highest BCUT2D eigenvalue weighted by Gasteiger charge is 2.15. The number of aromatic nitrogens is 1. The van der Waals surface area contributed by atoms with Crippen molar-refractivity contribution in [2.24, 2.45) is 0 Å². The largest absolute Gasteiger partial charge is 0.480 e. The molecule has 0 fully saturated rings. The maximum absolute atomic E-state index is 13.5. The van der Waals surface area contributed by atoms with Crippen molar-refractivity contribution in [1.29, 1.82) is 0 Å². The van der Waals surface area contributed by atoms with Crippen LogP contribution >= 0.6 is 11.5 Å². The van der Waals surface area contributed by atoms with Crippen molar-refractivity contribution in [3.05, 3.63) is 35.7 Å². The summed E-state index contributed by atoms with van der Waals surface area (Å²) < 4.78 is 28.1. The third kappa shape index (κ3) is 1.59. The van der Waals surface area contributed by atoms with E-state index in [0.29, 0.717) is 17.0 Å². The number of furan rings is 1. The topological polar surface area (TPSA) is 35.3 Å². The molecule has 0 N–H and O–H groups in total. The lowest BCUT2D eigenvalue weighted by molar-refractivity contribution is 0.404. The minimum atomic E-state index is -0.304. The first kappa shape index (κ1) is 10.3. The molecule has 2 aromatic heterocycles. The molecule has 0 radical (unpaired) electrons. The van der Waals surface area contributed by atoms with Crippen molar-refractivity contribution in [1.82, 2.24) is 4.37 Å². The van der Waals surface area contributed by atoms with E-state index >= 15 is 0 Å². The van der Waals surface area contributed by atoms with Gasteiger partial charge in [0.25, 0.3) is 0 Å². The van der Waals surface area contributed by atoms with Crippen LogP contribution in [0.1, 0.15) is 0 Å². The van der Waals surface area contributed by atoms with Crippen LogP contribution in [0.5, 0.6) is 5.88 Å². The van der Waals surface area contributed by atoms with E-state index in [1.807, 2.05) is 5.38 Å². The van der Waals surface area contributed by atoms with Gasteiger partial charge in [-0.3, -0.25) is 0 Å². The fraction of sp³-hybridized carbons (Fsp3) is 0.0833. The maximum atomic E-state index is 13.5. The number of nitrogens with zero attached hydrogens (tertiary/aromatic N) is 1. The molecule has 0 unspecified atom stereocenters. The number of halogens is 1. The summed E-state index contributed by atoms with van der Waals surface area (Å²) in [6.45, 7) is 0. The average molecular weight is 249 g/mol. The Morgan fingerprint density at radius 1 is 1.35 bits per heavy atom. The van der Waals surface area contributed by atoms with Gasteiger partial charge in [-0.25, -0.2) is 4.39 Å². The predicted octanol–water partition coefficient (Wildman–Crippen LogP) is 3.70. The van der Waals surface area contributed by atoms with Gasteiger partial charge in [-0.1, -0.05) is 0 Å². The van der Waals surface area contributed by atoms with Gasteiger partial charge in [-0.2, -0.15) is 4.37 Å². The summed E-state index contributed by atoms with van der Waals surface area (Å²) in [6.07, 6.45) is 1.54. The van der Waals surface area contributed by atoms with Crippen LogP contribution < -0.4 is 4.74 Å². The van der Waals surface area contributed by atoms with Gasteiger partial charge in [0.05, 0.1) is 18.9 Å². The fourth-order valence-corrected chi connectivity index (χ4v) is 2.45. The van der Waals surface area contributed by atoms with Crippen LogP contribution in [-0.4, -0.2) is 11.5 Å². The van der Waals surface area contributed by atoms with Gasteiger partial charge < -0.3 is 9.15 Å². The number of benzene rings is 1. The Balaban J connectivity index is 2.32. The third-order valence-electron chi connectivity index (χ3n) is 2.54. The standard InChI is InChI=1S/C12H8FNO2S/c1-15-12-10(6-17-14-12)9-5-8(13)4-7-2-3-16-11(7)9/h2-6H,1H3. The van der Waals surface area contributed by atoms with Gasteiger partial charge in [-0.05, 0) is 29.7 Å². The van der Waals surface area contributed by atoms with E-state index in [1.54, 1.807) is 12.3 Å². The Morgan fingerprint density at radius 2 is 2.24 bits per heavy atom. The highest BCUT2D eigenvalue weighted by molar-refractivity contribution is 7.04. The Hall–Kier alpha value is -1.88. The molecule has 5 heteroatoms. The van der Waals surface area contributed by atoms with Gasteiger partial charge in [0, 0.05) is 16.3 Å². The molecule has 0 aliphatic rings. The molecule has 0 aliphatic carbocycles. The molecule has 17 heavy (non-hydrogen) atoms. The summed E-state index contributed by atoms with van der Waals surface area (Å²) in [5, 5.41) is 2.54. The van der Waals surface area contributed by atoms with Crippen molar-refractivity contribution in [2.45, 2.75) is 0 Å². The molecule has 1 aromatic carbocycles. The number of methoxy groups -OCH3 is 1. The first-order valence-corrected chi connectivity index (χ1v) is 5.79. The first-order valence-electron chi connectivity index (χ1n) is 4.95. The summed E-state index contributed by atoms with van der Waals surface area (Å²) in [6, 6.07) is 4.60. The second-order valence-electron chi connectivity index (χ2n) is 3.53. The van der Waals surface area contributed by atoms with Crippen LogP contribution in [0.2, 0.25) is 0 Å². The monoisotopic (exact) mass is 249 g/mol. The van der Waals surface area contributed by atoms with Crippen LogP contribution in [0.4, 0.5) is 4.39 Å². The van der Waals surface area contributed by atoms with Gasteiger partial charge >= 0.3 is 0 Å². The normalized spacial score (nSPS) is 10.9. The molecule has 0 aliphatic heterocycles. The number of ether oxygens (including phenoxy) is 1. The minimum absolute atomic E-state index is 0.304. The summed E-state index contributed by atoms with van der Waals surface area (Å²) in [7, 11) is 1.54. The third-order valence-corrected chi connectivity index (χ3v) is 3.15. The lowest BCUT2D eigenvalue weighted by atomic mass is 10.1. The molecular weight excluding hydrogens is 241 g/mol. The van der Waals surface area contributed by atoms with Crippen LogP contribution in [0.3, 0.4) is 0 Å². The summed E-state index contributed by atoms with van der Waals surface area (Å²) >= 11 is 1.26. The van der Waals surface area contributed by atoms with Crippen molar-refractivity contribution < 1.29 is 13.5 Å². The van der Waals surface area contributed by atoms with E-state index in [-0.39, 0.29) is 5.82 Å². The zero-order chi connectivity index (χ0) is 11.8. The molecule has 86 valence electrons. The van der Waals surface area contributed by atoms with Gasteiger partial charge in [0.15, 0.2) is 0 Å². The van der Waals surface area contributed by atoms with E-state index in [4.69, 9.17) is 9.15 Å². The Kier molecular flexibility index (Phi) is 2.33. The average Bonchev–Trinajstić information content (AvgIpc) is 2.95. The van der Waals surface area contributed by atoms with E-state index in [1.165, 1.54) is 30.8 Å². The molecular formula is C12H8FNO2S. The SMILES string of the molecule is COc1nscc1-c1cc(F)cc2ccoc12. The smallest absolute Gasteiger partial charge is 0.233 e. The summed E-state index contributed by atoms with van der Waals surface area (Å²) in [5.41, 5.74) is 2.05.